The molecule has 1 heterocycles. The third-order valence-corrected chi connectivity index (χ3v) is 3.25. The average molecular weight is 256 g/mol. The highest BCUT2D eigenvalue weighted by Crippen LogP contribution is 2.15. The van der Waals surface area contributed by atoms with Gasteiger partial charge in [-0.15, -0.1) is 0 Å². The lowest BCUT2D eigenvalue weighted by atomic mass is 10.0. The summed E-state index contributed by atoms with van der Waals surface area (Å²) < 4.78 is 1.73. The molecule has 2 rings (SSSR count). The molecule has 3 heteroatoms. The Kier molecular flexibility index (Phi) is 4.93. The van der Waals surface area contributed by atoms with Crippen LogP contribution in [0.2, 0.25) is 0 Å². The second-order valence-electron chi connectivity index (χ2n) is 4.56. The van der Waals surface area contributed by atoms with E-state index in [1.807, 2.05) is 18.3 Å². The highest BCUT2D eigenvalue weighted by atomic mass is 16.1. The molecule has 1 aromatic heterocycles. The maximum atomic E-state index is 11.6. The number of rotatable bonds is 6. The Morgan fingerprint density at radius 2 is 1.84 bits per heavy atom. The molecule has 2 aromatic rings. The van der Waals surface area contributed by atoms with Gasteiger partial charge in [0.2, 0.25) is 0 Å². The summed E-state index contributed by atoms with van der Waals surface area (Å²) in [5, 5.41) is 3.50. The van der Waals surface area contributed by atoms with Gasteiger partial charge in [-0.2, -0.15) is 0 Å². The lowest BCUT2D eigenvalue weighted by Crippen LogP contribution is -2.28. The first-order valence-electron chi connectivity index (χ1n) is 6.75. The normalized spacial score (nSPS) is 12.3. The van der Waals surface area contributed by atoms with Crippen LogP contribution < -0.4 is 10.9 Å². The van der Waals surface area contributed by atoms with Crippen LogP contribution in [0, 0.1) is 0 Å². The lowest BCUT2D eigenvalue weighted by Gasteiger charge is -2.17. The quantitative estimate of drug-likeness (QED) is 0.862. The number of benzene rings is 1. The third-order valence-electron chi connectivity index (χ3n) is 3.25. The Morgan fingerprint density at radius 1 is 1.11 bits per heavy atom. The standard InChI is InChI=1S/C16H20N2O/c1-2-15(14-8-4-3-5-9-14)17-11-13-18-12-7-6-10-16(18)19/h3-10,12,15,17H,2,11,13H2,1H3. The van der Waals surface area contributed by atoms with Gasteiger partial charge < -0.3 is 9.88 Å². The summed E-state index contributed by atoms with van der Waals surface area (Å²) in [5.74, 6) is 0. The van der Waals surface area contributed by atoms with Gasteiger partial charge in [0.25, 0.3) is 5.56 Å². The number of hydrogen-bond acceptors (Lipinski definition) is 2. The Hall–Kier alpha value is -1.87. The van der Waals surface area contributed by atoms with Crippen LogP contribution in [0.3, 0.4) is 0 Å². The van der Waals surface area contributed by atoms with Crippen LogP contribution in [-0.4, -0.2) is 11.1 Å². The van der Waals surface area contributed by atoms with Crippen molar-refractivity contribution in [1.29, 1.82) is 0 Å². The van der Waals surface area contributed by atoms with Gasteiger partial charge in [-0.1, -0.05) is 43.3 Å². The molecule has 0 aliphatic heterocycles. The zero-order chi connectivity index (χ0) is 13.5. The molecule has 0 aliphatic rings. The molecule has 0 saturated carbocycles. The van der Waals surface area contributed by atoms with Gasteiger partial charge >= 0.3 is 0 Å². The van der Waals surface area contributed by atoms with Crippen LogP contribution in [0.1, 0.15) is 24.9 Å². The van der Waals surface area contributed by atoms with E-state index in [2.05, 4.69) is 36.5 Å². The van der Waals surface area contributed by atoms with Gasteiger partial charge in [0.05, 0.1) is 0 Å². The molecule has 0 saturated heterocycles. The van der Waals surface area contributed by atoms with Gasteiger partial charge in [0.1, 0.15) is 0 Å². The van der Waals surface area contributed by atoms with Crippen LogP contribution in [0.25, 0.3) is 0 Å². The van der Waals surface area contributed by atoms with Crippen molar-refractivity contribution in [2.45, 2.75) is 25.9 Å². The predicted octanol–water partition coefficient (Wildman–Crippen LogP) is 2.59. The number of hydrogen-bond donors (Lipinski definition) is 1. The molecule has 0 amide bonds. The molecule has 19 heavy (non-hydrogen) atoms. The fourth-order valence-corrected chi connectivity index (χ4v) is 2.19. The van der Waals surface area contributed by atoms with Crippen LogP contribution >= 0.6 is 0 Å². The summed E-state index contributed by atoms with van der Waals surface area (Å²) in [7, 11) is 0. The Bertz CT molecular complexity index is 548. The van der Waals surface area contributed by atoms with E-state index in [0.29, 0.717) is 12.6 Å². The SMILES string of the molecule is CCC(NCCn1ccccc1=O)c1ccccc1. The van der Waals surface area contributed by atoms with Crippen LogP contribution in [-0.2, 0) is 6.54 Å². The van der Waals surface area contributed by atoms with Crippen molar-refractivity contribution in [3.63, 3.8) is 0 Å². The van der Waals surface area contributed by atoms with Crippen LogP contribution in [0.15, 0.2) is 59.5 Å². The van der Waals surface area contributed by atoms with Crippen molar-refractivity contribution in [3.8, 4) is 0 Å². The van der Waals surface area contributed by atoms with Crippen molar-refractivity contribution in [2.24, 2.45) is 0 Å². The van der Waals surface area contributed by atoms with Gasteiger partial charge in [-0.3, -0.25) is 4.79 Å². The van der Waals surface area contributed by atoms with Gasteiger partial charge in [0, 0.05) is 31.4 Å². The number of pyridine rings is 1. The van der Waals surface area contributed by atoms with E-state index < -0.39 is 0 Å². The second-order valence-corrected chi connectivity index (χ2v) is 4.56. The van der Waals surface area contributed by atoms with E-state index in [4.69, 9.17) is 0 Å². The van der Waals surface area contributed by atoms with E-state index in [1.54, 1.807) is 16.7 Å². The Morgan fingerprint density at radius 3 is 2.53 bits per heavy atom. The van der Waals surface area contributed by atoms with Crippen LogP contribution in [0.4, 0.5) is 0 Å². The molecule has 0 radical (unpaired) electrons. The molecular weight excluding hydrogens is 236 g/mol. The molecule has 1 unspecified atom stereocenters. The smallest absolute Gasteiger partial charge is 0.250 e. The monoisotopic (exact) mass is 256 g/mol. The minimum Gasteiger partial charge on any atom is -0.314 e. The topological polar surface area (TPSA) is 34.0 Å². The molecular formula is C16H20N2O. The van der Waals surface area contributed by atoms with E-state index in [1.165, 1.54) is 5.56 Å². The largest absolute Gasteiger partial charge is 0.314 e. The van der Waals surface area contributed by atoms with Crippen molar-refractivity contribution >= 4 is 0 Å². The number of aromatic nitrogens is 1. The Balaban J connectivity index is 1.91. The summed E-state index contributed by atoms with van der Waals surface area (Å²) in [6.45, 7) is 3.65. The minimum atomic E-state index is 0.0528. The molecule has 1 atom stereocenters. The summed E-state index contributed by atoms with van der Waals surface area (Å²) in [4.78, 5) is 11.6. The van der Waals surface area contributed by atoms with Crippen molar-refractivity contribution in [3.05, 3.63) is 70.6 Å². The minimum absolute atomic E-state index is 0.0528. The summed E-state index contributed by atoms with van der Waals surface area (Å²) in [5.41, 5.74) is 1.35. The number of nitrogens with zero attached hydrogens (tertiary/aromatic N) is 1. The highest BCUT2D eigenvalue weighted by molar-refractivity contribution is 5.18. The van der Waals surface area contributed by atoms with Crippen molar-refractivity contribution in [1.82, 2.24) is 9.88 Å². The van der Waals surface area contributed by atoms with E-state index in [0.717, 1.165) is 13.0 Å². The molecule has 0 spiro atoms. The molecule has 1 aromatic carbocycles. The molecule has 1 N–H and O–H groups in total. The fraction of sp³-hybridized carbons (Fsp3) is 0.312. The maximum Gasteiger partial charge on any atom is 0.250 e. The predicted molar refractivity (Wildman–Crippen MR) is 78.2 cm³/mol. The molecule has 0 fully saturated rings. The van der Waals surface area contributed by atoms with E-state index in [-0.39, 0.29) is 5.56 Å². The second kappa shape index (κ2) is 6.90. The number of nitrogens with one attached hydrogen (secondary N) is 1. The zero-order valence-corrected chi connectivity index (χ0v) is 11.3. The highest BCUT2D eigenvalue weighted by Gasteiger charge is 2.07. The zero-order valence-electron chi connectivity index (χ0n) is 11.3. The summed E-state index contributed by atoms with van der Waals surface area (Å²) in [6.07, 6.45) is 2.86. The first-order valence-corrected chi connectivity index (χ1v) is 6.75. The van der Waals surface area contributed by atoms with E-state index in [9.17, 15) is 4.79 Å². The fourth-order valence-electron chi connectivity index (χ4n) is 2.19. The molecule has 3 nitrogen and oxygen atoms in total. The molecule has 100 valence electrons. The first-order chi connectivity index (χ1) is 9.31. The summed E-state index contributed by atoms with van der Waals surface area (Å²) >= 11 is 0. The maximum absolute atomic E-state index is 11.6. The van der Waals surface area contributed by atoms with Gasteiger partial charge in [0.15, 0.2) is 0 Å². The van der Waals surface area contributed by atoms with Gasteiger partial charge in [-0.05, 0) is 18.1 Å². The average Bonchev–Trinajstić information content (AvgIpc) is 2.46. The molecule has 0 bridgehead atoms. The van der Waals surface area contributed by atoms with Crippen molar-refractivity contribution in [2.75, 3.05) is 6.54 Å². The van der Waals surface area contributed by atoms with Crippen molar-refractivity contribution < 1.29 is 0 Å². The first kappa shape index (κ1) is 13.6. The molecule has 0 aliphatic carbocycles. The lowest BCUT2D eigenvalue weighted by molar-refractivity contribution is 0.488. The summed E-state index contributed by atoms with van der Waals surface area (Å²) in [6, 6.07) is 16.0. The van der Waals surface area contributed by atoms with Crippen LogP contribution in [0.5, 0.6) is 0 Å². The van der Waals surface area contributed by atoms with Gasteiger partial charge in [-0.25, -0.2) is 0 Å². The Labute approximate surface area is 113 Å². The van der Waals surface area contributed by atoms with E-state index >= 15 is 0 Å². The third kappa shape index (κ3) is 3.80.